The van der Waals surface area contributed by atoms with Gasteiger partial charge in [-0.1, -0.05) is 0 Å². The van der Waals surface area contributed by atoms with Crippen molar-refractivity contribution in [1.82, 2.24) is 30.0 Å². The summed E-state index contributed by atoms with van der Waals surface area (Å²) < 4.78 is 21.8. The first-order valence-corrected chi connectivity index (χ1v) is 13.2. The van der Waals surface area contributed by atoms with E-state index in [2.05, 4.69) is 25.1 Å². The highest BCUT2D eigenvalue weighted by atomic mass is 16.5. The highest BCUT2D eigenvalue weighted by molar-refractivity contribution is 5.78. The molecule has 208 valence electrons. The lowest BCUT2D eigenvalue weighted by Crippen LogP contribution is -2.44. The lowest BCUT2D eigenvalue weighted by Gasteiger charge is -2.32. The third-order valence-electron chi connectivity index (χ3n) is 7.21. The highest BCUT2D eigenvalue weighted by Crippen LogP contribution is 2.30. The number of fused-ring (bicyclic) bond motifs is 1. The summed E-state index contributed by atoms with van der Waals surface area (Å²) in [6.07, 6.45) is 2.23. The molecule has 12 nitrogen and oxygen atoms in total. The molecule has 1 N–H and O–H groups in total. The van der Waals surface area contributed by atoms with Gasteiger partial charge in [0.15, 0.2) is 0 Å². The molecule has 2 aromatic heterocycles. The van der Waals surface area contributed by atoms with Crippen LogP contribution in [0.15, 0.2) is 33.5 Å². The number of hydrogen-bond acceptors (Lipinski definition) is 10. The Balaban J connectivity index is 1.17. The van der Waals surface area contributed by atoms with Crippen molar-refractivity contribution in [3.63, 3.8) is 0 Å². The van der Waals surface area contributed by atoms with Gasteiger partial charge in [-0.3, -0.25) is 14.5 Å². The van der Waals surface area contributed by atoms with E-state index in [0.29, 0.717) is 49.3 Å². The Bertz CT molecular complexity index is 1320. The fraction of sp³-hybridized carbons (Fsp3) is 0.519. The molecular weight excluding hydrogens is 504 g/mol. The summed E-state index contributed by atoms with van der Waals surface area (Å²) in [7, 11) is 3.23. The van der Waals surface area contributed by atoms with Gasteiger partial charge in [0.25, 0.3) is 5.56 Å². The Kier molecular flexibility index (Phi) is 8.64. The largest absolute Gasteiger partial charge is 0.497 e. The molecule has 0 unspecified atom stereocenters. The van der Waals surface area contributed by atoms with Gasteiger partial charge in [0, 0.05) is 31.6 Å². The summed E-state index contributed by atoms with van der Waals surface area (Å²) in [5.41, 5.74) is 1.96. The maximum absolute atomic E-state index is 13.3. The van der Waals surface area contributed by atoms with Gasteiger partial charge >= 0.3 is 0 Å². The van der Waals surface area contributed by atoms with Crippen molar-refractivity contribution in [3.8, 4) is 17.2 Å². The molecule has 0 atom stereocenters. The van der Waals surface area contributed by atoms with E-state index < -0.39 is 0 Å². The van der Waals surface area contributed by atoms with E-state index in [9.17, 15) is 9.59 Å². The number of piperidine rings is 1. The molecule has 0 aliphatic carbocycles. The average molecular weight is 539 g/mol. The molecule has 1 fully saturated rings. The molecule has 3 aromatic rings. The van der Waals surface area contributed by atoms with Crippen LogP contribution in [-0.2, 0) is 33.8 Å². The summed E-state index contributed by atoms with van der Waals surface area (Å²) in [6.45, 7) is 3.59. The number of likely N-dealkylation sites (tertiary alicyclic amines) is 1. The number of rotatable bonds is 10. The minimum atomic E-state index is -0.202. The molecule has 0 spiro atoms. The molecule has 5 rings (SSSR count). The van der Waals surface area contributed by atoms with Gasteiger partial charge in [0.1, 0.15) is 11.6 Å². The highest BCUT2D eigenvalue weighted by Gasteiger charge is 2.28. The molecule has 2 aliphatic heterocycles. The molecule has 12 heteroatoms. The van der Waals surface area contributed by atoms with E-state index in [1.807, 2.05) is 24.3 Å². The molecular formula is C27H34N6O6. The lowest BCUT2D eigenvalue weighted by molar-refractivity contribution is -0.134. The molecule has 2 aliphatic rings. The van der Waals surface area contributed by atoms with Gasteiger partial charge in [-0.25, -0.2) is 4.98 Å². The Hall–Kier alpha value is -3.61. The number of aromatic amines is 1. The average Bonchev–Trinajstić information content (AvgIpc) is 3.46. The fourth-order valence-electron chi connectivity index (χ4n) is 4.92. The van der Waals surface area contributed by atoms with E-state index >= 15 is 0 Å². The van der Waals surface area contributed by atoms with Crippen molar-refractivity contribution in [3.05, 3.63) is 57.6 Å². The molecule has 0 saturated carbocycles. The summed E-state index contributed by atoms with van der Waals surface area (Å²) in [4.78, 5) is 37.0. The molecule has 0 radical (unpaired) electrons. The van der Waals surface area contributed by atoms with Gasteiger partial charge in [0.2, 0.25) is 17.7 Å². The van der Waals surface area contributed by atoms with Crippen molar-refractivity contribution < 1.29 is 23.4 Å². The van der Waals surface area contributed by atoms with Crippen molar-refractivity contribution in [2.75, 3.05) is 53.6 Å². The van der Waals surface area contributed by atoms with E-state index in [1.54, 1.807) is 19.1 Å². The second-order valence-electron chi connectivity index (χ2n) is 9.77. The third-order valence-corrected chi connectivity index (χ3v) is 7.21. The van der Waals surface area contributed by atoms with Gasteiger partial charge in [-0.15, -0.1) is 10.2 Å². The Morgan fingerprint density at radius 1 is 1.18 bits per heavy atom. The number of carbonyl (C=O) groups excluding carboxylic acids is 1. The first kappa shape index (κ1) is 27.0. The number of nitrogens with zero attached hydrogens (tertiary/aromatic N) is 5. The zero-order valence-corrected chi connectivity index (χ0v) is 22.4. The fourth-order valence-corrected chi connectivity index (χ4v) is 4.92. The molecule has 4 heterocycles. The van der Waals surface area contributed by atoms with Gasteiger partial charge in [-0.2, -0.15) is 0 Å². The van der Waals surface area contributed by atoms with E-state index in [1.165, 1.54) is 0 Å². The number of amides is 1. The number of hydrogen-bond donors (Lipinski definition) is 1. The summed E-state index contributed by atoms with van der Waals surface area (Å²) >= 11 is 0. The van der Waals surface area contributed by atoms with Gasteiger partial charge < -0.3 is 28.5 Å². The van der Waals surface area contributed by atoms with Crippen LogP contribution in [0.1, 0.15) is 41.7 Å². The maximum Gasteiger partial charge on any atom is 0.256 e. The predicted octanol–water partition coefficient (Wildman–Crippen LogP) is 1.76. The Labute approximate surface area is 226 Å². The predicted molar refractivity (Wildman–Crippen MR) is 140 cm³/mol. The van der Waals surface area contributed by atoms with Gasteiger partial charge in [0.05, 0.1) is 51.3 Å². The number of ether oxygens (including phenoxy) is 3. The minimum Gasteiger partial charge on any atom is -0.497 e. The molecule has 1 aromatic carbocycles. The Morgan fingerprint density at radius 2 is 1.97 bits per heavy atom. The Morgan fingerprint density at radius 3 is 2.72 bits per heavy atom. The zero-order chi connectivity index (χ0) is 27.2. The second kappa shape index (κ2) is 12.5. The summed E-state index contributed by atoms with van der Waals surface area (Å²) in [5, 5.41) is 8.52. The topological polar surface area (TPSA) is 136 Å². The van der Waals surface area contributed by atoms with Crippen LogP contribution in [0.3, 0.4) is 0 Å². The van der Waals surface area contributed by atoms with Crippen LogP contribution in [0.5, 0.6) is 5.75 Å². The molecule has 39 heavy (non-hydrogen) atoms. The number of aromatic nitrogens is 4. The number of carbonyl (C=O) groups is 1. The van der Waals surface area contributed by atoms with Crippen LogP contribution in [0.25, 0.3) is 11.5 Å². The van der Waals surface area contributed by atoms with Crippen LogP contribution in [-0.4, -0.2) is 89.5 Å². The van der Waals surface area contributed by atoms with E-state index in [4.69, 9.17) is 18.6 Å². The number of H-pyrrole nitrogens is 1. The number of nitrogens with one attached hydrogen (secondary N) is 1. The maximum atomic E-state index is 13.3. The lowest BCUT2D eigenvalue weighted by atomic mass is 9.97. The SMILES string of the molecule is COCCN(Cc1nc2c(c(=O)[nH]1)COCC2)C(=O)CN1CCC(c2nnc(-c3ccc(OC)cc3)o2)CC1. The summed E-state index contributed by atoms with van der Waals surface area (Å²) in [6, 6.07) is 7.50. The van der Waals surface area contributed by atoms with Crippen molar-refractivity contribution in [2.24, 2.45) is 0 Å². The van der Waals surface area contributed by atoms with Crippen LogP contribution in [0.2, 0.25) is 0 Å². The molecule has 1 amide bonds. The zero-order valence-electron chi connectivity index (χ0n) is 22.4. The van der Waals surface area contributed by atoms with E-state index in [0.717, 1.165) is 42.9 Å². The van der Waals surface area contributed by atoms with Gasteiger partial charge in [-0.05, 0) is 50.2 Å². The van der Waals surface area contributed by atoms with Crippen LogP contribution >= 0.6 is 0 Å². The van der Waals surface area contributed by atoms with Crippen molar-refractivity contribution in [2.45, 2.75) is 38.3 Å². The number of benzene rings is 1. The normalized spacial score (nSPS) is 16.2. The second-order valence-corrected chi connectivity index (χ2v) is 9.77. The van der Waals surface area contributed by atoms with E-state index in [-0.39, 0.29) is 37.1 Å². The van der Waals surface area contributed by atoms with Crippen LogP contribution < -0.4 is 10.3 Å². The first-order chi connectivity index (χ1) is 19.0. The van der Waals surface area contributed by atoms with Crippen LogP contribution in [0.4, 0.5) is 0 Å². The minimum absolute atomic E-state index is 0.0335. The van der Waals surface area contributed by atoms with Crippen molar-refractivity contribution in [1.29, 1.82) is 0 Å². The monoisotopic (exact) mass is 538 g/mol. The standard InChI is InChI=1S/C27H34N6O6/c1-36-14-12-33(15-23-28-22-9-13-38-17-21(22)25(35)29-23)24(34)16-32-10-7-19(8-11-32)27-31-30-26(39-27)18-3-5-20(37-2)6-4-18/h3-6,19H,7-17H2,1-2H3,(H,28,29,35). The smallest absolute Gasteiger partial charge is 0.256 e. The number of methoxy groups -OCH3 is 2. The van der Waals surface area contributed by atoms with Crippen LogP contribution in [0, 0.1) is 0 Å². The third kappa shape index (κ3) is 6.52. The molecule has 1 saturated heterocycles. The summed E-state index contributed by atoms with van der Waals surface area (Å²) in [5.74, 6) is 2.47. The first-order valence-electron chi connectivity index (χ1n) is 13.2. The molecule has 0 bridgehead atoms. The van der Waals surface area contributed by atoms with Crippen molar-refractivity contribution >= 4 is 5.91 Å². The quantitative estimate of drug-likeness (QED) is 0.407.